The van der Waals surface area contributed by atoms with Gasteiger partial charge in [0, 0.05) is 23.5 Å². The number of allylic oxidation sites excluding steroid dienone is 1. The maximum atomic E-state index is 12.5. The van der Waals surface area contributed by atoms with Crippen molar-refractivity contribution in [2.45, 2.75) is 61.0 Å². The molecule has 8 heteroatoms. The lowest BCUT2D eigenvalue weighted by Gasteiger charge is -2.43. The van der Waals surface area contributed by atoms with Crippen LogP contribution in [0.5, 0.6) is 0 Å². The fourth-order valence-electron chi connectivity index (χ4n) is 3.51. The minimum absolute atomic E-state index is 0.118. The van der Waals surface area contributed by atoms with Crippen LogP contribution < -0.4 is 5.32 Å². The van der Waals surface area contributed by atoms with Gasteiger partial charge >= 0.3 is 5.97 Å². The van der Waals surface area contributed by atoms with Gasteiger partial charge in [0.05, 0.1) is 17.7 Å². The van der Waals surface area contributed by atoms with Crippen molar-refractivity contribution in [2.75, 3.05) is 5.75 Å². The molecule has 2 saturated heterocycles. The molecule has 6 nitrogen and oxygen atoms in total. The molecule has 1 aromatic carbocycles. The average molecular weight is 424 g/mol. The van der Waals surface area contributed by atoms with Gasteiger partial charge in [-0.15, -0.1) is 19.2 Å². The van der Waals surface area contributed by atoms with Crippen LogP contribution in [0.4, 0.5) is 4.79 Å². The molecule has 3 unspecified atom stereocenters. The van der Waals surface area contributed by atoms with Crippen molar-refractivity contribution in [3.63, 3.8) is 0 Å². The molecule has 152 valence electrons. The minimum Gasteiger partial charge on any atom is -0.458 e. The van der Waals surface area contributed by atoms with E-state index < -0.39 is 23.9 Å². The number of thiol groups is 1. The molecule has 2 heterocycles. The molecule has 28 heavy (non-hydrogen) atoms. The number of esters is 1. The summed E-state index contributed by atoms with van der Waals surface area (Å²) in [4.78, 5) is 24.9. The Hall–Kier alpha value is -1.48. The summed E-state index contributed by atoms with van der Waals surface area (Å²) in [5.74, 6) is -1.59. The smallest absolute Gasteiger partial charge is 0.338 e. The van der Waals surface area contributed by atoms with Crippen LogP contribution in [0.2, 0.25) is 0 Å². The zero-order valence-corrected chi connectivity index (χ0v) is 17.2. The highest BCUT2D eigenvalue weighted by Crippen LogP contribution is 2.36. The van der Waals surface area contributed by atoms with E-state index in [9.17, 15) is 14.7 Å². The van der Waals surface area contributed by atoms with Crippen molar-refractivity contribution in [2.24, 2.45) is 0 Å². The van der Waals surface area contributed by atoms with E-state index in [1.54, 1.807) is 24.3 Å². The Morgan fingerprint density at radius 2 is 2.21 bits per heavy atom. The van der Waals surface area contributed by atoms with E-state index in [1.165, 1.54) is 0 Å². The van der Waals surface area contributed by atoms with Gasteiger partial charge in [0.15, 0.2) is 5.79 Å². The van der Waals surface area contributed by atoms with Gasteiger partial charge < -0.3 is 19.9 Å². The number of amides is 1. The van der Waals surface area contributed by atoms with Crippen LogP contribution in [0.25, 0.3) is 0 Å². The van der Waals surface area contributed by atoms with Crippen LogP contribution in [0.15, 0.2) is 41.8 Å². The lowest BCUT2D eigenvalue weighted by Crippen LogP contribution is -2.58. The predicted octanol–water partition coefficient (Wildman–Crippen LogP) is 3.55. The highest BCUT2D eigenvalue weighted by molar-refractivity contribution is 8.14. The molecule has 2 fully saturated rings. The molecule has 1 amide bonds. The lowest BCUT2D eigenvalue weighted by atomic mass is 9.91. The molecule has 0 radical (unpaired) electrons. The number of unbranched alkanes of at least 4 members (excludes halogenated alkanes) is 1. The molecule has 2 aliphatic heterocycles. The van der Waals surface area contributed by atoms with Gasteiger partial charge in [0.2, 0.25) is 0 Å². The van der Waals surface area contributed by atoms with E-state index in [1.807, 2.05) is 6.08 Å². The van der Waals surface area contributed by atoms with Crippen molar-refractivity contribution in [1.29, 1.82) is 0 Å². The largest absolute Gasteiger partial charge is 0.458 e. The molecule has 0 bridgehead atoms. The second kappa shape index (κ2) is 9.35. The zero-order chi connectivity index (χ0) is 20.1. The van der Waals surface area contributed by atoms with E-state index >= 15 is 0 Å². The maximum Gasteiger partial charge on any atom is 0.338 e. The van der Waals surface area contributed by atoms with E-state index in [0.29, 0.717) is 24.2 Å². The lowest BCUT2D eigenvalue weighted by molar-refractivity contribution is -0.281. The van der Waals surface area contributed by atoms with Crippen LogP contribution >= 0.6 is 24.4 Å². The van der Waals surface area contributed by atoms with Crippen LogP contribution in [-0.4, -0.2) is 46.1 Å². The number of thioether (sulfide) groups is 1. The highest BCUT2D eigenvalue weighted by atomic mass is 32.2. The first kappa shape index (κ1) is 21.2. The molecule has 0 spiro atoms. The number of carbonyl (C=O) groups is 2. The molecular weight excluding hydrogens is 398 g/mol. The molecule has 2 aliphatic rings. The van der Waals surface area contributed by atoms with Crippen molar-refractivity contribution in [3.05, 3.63) is 42.5 Å². The van der Waals surface area contributed by atoms with E-state index in [2.05, 4.69) is 24.5 Å². The van der Waals surface area contributed by atoms with Gasteiger partial charge in [-0.1, -0.05) is 17.8 Å². The second-order valence-corrected chi connectivity index (χ2v) is 8.62. The predicted molar refractivity (Wildman–Crippen MR) is 111 cm³/mol. The fraction of sp³-hybridized carbons (Fsp3) is 0.500. The number of aliphatic hydroxyl groups is 1. The van der Waals surface area contributed by atoms with Gasteiger partial charge in [-0.25, -0.2) is 4.79 Å². The van der Waals surface area contributed by atoms with Gasteiger partial charge in [-0.2, -0.15) is 0 Å². The third kappa shape index (κ3) is 5.31. The normalized spacial score (nSPS) is 29.9. The standard InChI is InChI=1S/C20H25NO5S2/c1-2-3-4-5-14-10-15(25-18(22)13-6-8-16(27)9-7-13)11-20(24,26-14)17-12-28-19(23)21-17/h2,6-9,14-15,17,24,27H,1,3-5,10-12H2,(H,21,23)/t14-,15?,17?,20?/m1/s1. The quantitative estimate of drug-likeness (QED) is 0.269. The van der Waals surface area contributed by atoms with Crippen molar-refractivity contribution in [1.82, 2.24) is 5.32 Å². The topological polar surface area (TPSA) is 84.9 Å². The summed E-state index contributed by atoms with van der Waals surface area (Å²) in [7, 11) is 0. The number of nitrogens with one attached hydrogen (secondary N) is 1. The van der Waals surface area contributed by atoms with Gasteiger partial charge in [0.25, 0.3) is 5.24 Å². The first-order valence-electron chi connectivity index (χ1n) is 9.34. The molecule has 0 aromatic heterocycles. The first-order chi connectivity index (χ1) is 13.4. The average Bonchev–Trinajstić information content (AvgIpc) is 3.09. The van der Waals surface area contributed by atoms with Crippen molar-refractivity contribution in [3.8, 4) is 0 Å². The number of benzene rings is 1. The Balaban J connectivity index is 1.70. The Morgan fingerprint density at radius 3 is 2.86 bits per heavy atom. The van der Waals surface area contributed by atoms with Crippen LogP contribution in [0, 0.1) is 0 Å². The zero-order valence-electron chi connectivity index (χ0n) is 15.5. The van der Waals surface area contributed by atoms with E-state index in [0.717, 1.165) is 29.5 Å². The molecule has 4 atom stereocenters. The summed E-state index contributed by atoms with van der Waals surface area (Å²) in [5, 5.41) is 13.7. The summed E-state index contributed by atoms with van der Waals surface area (Å²) in [6.45, 7) is 3.72. The van der Waals surface area contributed by atoms with Crippen molar-refractivity contribution < 1.29 is 24.2 Å². The molecule has 0 saturated carbocycles. The summed E-state index contributed by atoms with van der Waals surface area (Å²) in [6.07, 6.45) is 4.11. The fourth-order valence-corrected chi connectivity index (χ4v) is 4.55. The molecule has 0 aliphatic carbocycles. The Bertz CT molecular complexity index is 726. The molecule has 2 N–H and O–H groups in total. The third-order valence-electron chi connectivity index (χ3n) is 4.95. The summed E-state index contributed by atoms with van der Waals surface area (Å²) < 4.78 is 11.7. The Labute approximate surface area is 174 Å². The number of hydrogen-bond acceptors (Lipinski definition) is 7. The van der Waals surface area contributed by atoms with Gasteiger partial charge in [-0.3, -0.25) is 4.79 Å². The van der Waals surface area contributed by atoms with Crippen LogP contribution in [-0.2, 0) is 9.47 Å². The third-order valence-corrected chi connectivity index (χ3v) is 6.12. The molecular formula is C20H25NO5S2. The highest BCUT2D eigenvalue weighted by Gasteiger charge is 2.49. The molecule has 1 aromatic rings. The second-order valence-electron chi connectivity index (χ2n) is 7.11. The van der Waals surface area contributed by atoms with Crippen LogP contribution in [0.3, 0.4) is 0 Å². The summed E-state index contributed by atoms with van der Waals surface area (Å²) in [6, 6.07) is 6.24. The molecule has 3 rings (SSSR count). The van der Waals surface area contributed by atoms with E-state index in [-0.39, 0.29) is 17.8 Å². The summed E-state index contributed by atoms with van der Waals surface area (Å²) >= 11 is 5.33. The maximum absolute atomic E-state index is 12.5. The monoisotopic (exact) mass is 423 g/mol. The Kier molecular flexibility index (Phi) is 7.09. The van der Waals surface area contributed by atoms with E-state index in [4.69, 9.17) is 9.47 Å². The number of hydrogen-bond donors (Lipinski definition) is 3. The van der Waals surface area contributed by atoms with Crippen molar-refractivity contribution >= 4 is 35.6 Å². The SMILES string of the molecule is C=CCCC[C@@H]1CC(OC(=O)c2ccc(S)cc2)CC(O)(C2CSC(=O)N2)O1. The minimum atomic E-state index is -1.56. The number of ether oxygens (including phenoxy) is 2. The Morgan fingerprint density at radius 1 is 1.46 bits per heavy atom. The van der Waals surface area contributed by atoms with Crippen LogP contribution in [0.1, 0.15) is 42.5 Å². The number of carbonyl (C=O) groups excluding carboxylic acids is 2. The van der Waals surface area contributed by atoms with Gasteiger partial charge in [0.1, 0.15) is 6.10 Å². The number of rotatable bonds is 7. The first-order valence-corrected chi connectivity index (χ1v) is 10.8. The van der Waals surface area contributed by atoms with Gasteiger partial charge in [-0.05, 0) is 43.5 Å². The summed E-state index contributed by atoms with van der Waals surface area (Å²) in [5.41, 5.74) is 0.431.